The van der Waals surface area contributed by atoms with E-state index >= 15 is 0 Å². The van der Waals surface area contributed by atoms with E-state index in [1.54, 1.807) is 6.92 Å². The minimum atomic E-state index is -0.910. The van der Waals surface area contributed by atoms with Crippen LogP contribution in [0.1, 0.15) is 110 Å². The number of ketones is 6. The second-order valence-corrected chi connectivity index (χ2v) is 20.9. The van der Waals surface area contributed by atoms with Crippen molar-refractivity contribution in [1.82, 2.24) is 0 Å². The lowest BCUT2D eigenvalue weighted by molar-refractivity contribution is -0.260. The highest BCUT2D eigenvalue weighted by Crippen LogP contribution is 2.43. The zero-order chi connectivity index (χ0) is 65.2. The molecular formula is C82H77O10+5. The summed E-state index contributed by atoms with van der Waals surface area (Å²) in [6, 6.07) is 97.7. The molecule has 10 aromatic carbocycles. The molecule has 10 nitrogen and oxygen atoms in total. The lowest BCUT2D eigenvalue weighted by Crippen LogP contribution is -2.28. The van der Waals surface area contributed by atoms with Crippen LogP contribution in [-0.4, -0.2) is 61.1 Å². The van der Waals surface area contributed by atoms with E-state index in [2.05, 4.69) is 6.92 Å². The molecule has 0 spiro atoms. The maximum atomic E-state index is 11.8. The second kappa shape index (κ2) is 36.7. The van der Waals surface area contributed by atoms with E-state index in [1.165, 1.54) is 6.92 Å². The predicted octanol–water partition coefficient (Wildman–Crippen LogP) is 16.9. The van der Waals surface area contributed by atoms with Crippen molar-refractivity contribution in [2.45, 2.75) is 52.1 Å². The Balaban J connectivity index is 0.000000160. The highest BCUT2D eigenvalue weighted by molar-refractivity contribution is 6.10. The van der Waals surface area contributed by atoms with Gasteiger partial charge in [-0.15, -0.1) is 4.74 Å². The van der Waals surface area contributed by atoms with Crippen molar-refractivity contribution in [2.24, 2.45) is 0 Å². The van der Waals surface area contributed by atoms with Crippen LogP contribution in [0.5, 0.6) is 0 Å². The monoisotopic (exact) mass is 1220 g/mol. The smallest absolute Gasteiger partial charge is 0.366 e. The van der Waals surface area contributed by atoms with Gasteiger partial charge < -0.3 is 9.47 Å². The van der Waals surface area contributed by atoms with Crippen molar-refractivity contribution >= 4 is 34.7 Å². The molecule has 0 N–H and O–H groups in total. The quantitative estimate of drug-likeness (QED) is 0.0532. The van der Waals surface area contributed by atoms with Crippen molar-refractivity contribution in [3.8, 4) is 0 Å². The van der Waals surface area contributed by atoms with Crippen LogP contribution in [0.15, 0.2) is 309 Å². The number of benzene rings is 10. The fourth-order valence-corrected chi connectivity index (χ4v) is 9.26. The van der Waals surface area contributed by atoms with E-state index in [0.717, 1.165) is 73.3 Å². The summed E-state index contributed by atoms with van der Waals surface area (Å²) in [5.41, 5.74) is 9.32. The van der Waals surface area contributed by atoms with Gasteiger partial charge in [-0.05, 0) is 48.5 Å². The van der Waals surface area contributed by atoms with Crippen LogP contribution in [0.4, 0.5) is 0 Å². The Morgan fingerprint density at radius 3 is 0.957 bits per heavy atom. The fraction of sp³-hybridized carbons (Fsp3) is 0.146. The van der Waals surface area contributed by atoms with Gasteiger partial charge >= 0.3 is 36.3 Å². The summed E-state index contributed by atoms with van der Waals surface area (Å²) in [6.07, 6.45) is 1.96. The first-order chi connectivity index (χ1) is 44.8. The molecule has 2 aliphatic rings. The highest BCUT2D eigenvalue weighted by Gasteiger charge is 2.51. The van der Waals surface area contributed by atoms with Crippen molar-refractivity contribution < 1.29 is 47.0 Å². The van der Waals surface area contributed by atoms with Gasteiger partial charge in [0.25, 0.3) is 24.3 Å². The molecule has 2 aliphatic heterocycles. The molecule has 10 aromatic rings. The van der Waals surface area contributed by atoms with E-state index in [9.17, 15) is 19.2 Å². The van der Waals surface area contributed by atoms with E-state index in [-0.39, 0.29) is 36.3 Å². The molecule has 0 aromatic heterocycles. The average molecular weight is 1220 g/mol. The number of carbonyl (C=O) groups excluding carboxylic acids is 6. The van der Waals surface area contributed by atoms with Crippen LogP contribution < -0.4 is 0 Å². The maximum absolute atomic E-state index is 11.8. The van der Waals surface area contributed by atoms with Gasteiger partial charge in [0.1, 0.15) is 13.8 Å². The van der Waals surface area contributed by atoms with Crippen molar-refractivity contribution in [3.05, 3.63) is 384 Å². The molecule has 0 atom stereocenters. The van der Waals surface area contributed by atoms with Crippen LogP contribution in [0.2, 0.25) is 0 Å². The summed E-state index contributed by atoms with van der Waals surface area (Å²) in [7, 11) is 0. The standard InChI is InChI=1S/C17H17O2.C16H15O2.C16H13O2.C16H15O2.C13H10O.C4H7O/c1-2-16(18)13-19-17(14-9-5-3-6-10-14)15-11-7-4-8-12-15;2*1-13-12-17-16(18-13,14-8-4-2-5-9-14)15-10-6-3-7-11-15;1-13(17)12-18-16(14-8-4-2-5-9-14)15-10-6-3-7-11-15;14-13(11-7-3-1-4-8-11)12-9-5-2-6-10-12;1-3-4(2)5/h3-12H,2,13H2,1H3;2-11H,12H2,1H3;1-11H,12H2;2-11H,12H2,1H3;1-10H;2-3H2,1H3/q4*+1;;+1. The third-order valence-corrected chi connectivity index (χ3v) is 13.9. The molecule has 0 unspecified atom stereocenters. The molecule has 2 heterocycles. The number of Topliss-reactive ketones (excluding diaryl/α,β-unsaturated/α-hetero) is 3. The number of carbonyl (C=O) groups is 4. The topological polar surface area (TPSA) is 128 Å². The van der Waals surface area contributed by atoms with Gasteiger partial charge in [-0.25, -0.2) is 13.6 Å². The second-order valence-electron chi connectivity index (χ2n) is 20.9. The molecule has 2 saturated heterocycles. The van der Waals surface area contributed by atoms with Gasteiger partial charge in [-0.2, -0.15) is 0 Å². The van der Waals surface area contributed by atoms with Crippen molar-refractivity contribution in [3.63, 3.8) is 0 Å². The lowest BCUT2D eigenvalue weighted by atomic mass is 9.97. The summed E-state index contributed by atoms with van der Waals surface area (Å²) in [5, 5.41) is 0. The van der Waals surface area contributed by atoms with E-state index in [1.807, 2.05) is 317 Å². The molecular weight excluding hydrogens is 1140 g/mol. The van der Waals surface area contributed by atoms with E-state index in [0.29, 0.717) is 31.8 Å². The lowest BCUT2D eigenvalue weighted by Gasteiger charge is -2.26. The number of hydrogen-bond acceptors (Lipinski definition) is 8. The SMILES string of the molecule is CC(=O)C[O+]=C(c1ccccc1)c1ccccc1.CCC(=O)C[O+]=C(c1ccccc1)c1ccccc1.C[C+]1COC(c2ccccc2)(c2ccccc2)O1.O=C(c1ccccc1)c1ccccc1.[CH+]=C1COC(c2ccccc2)(c2ccccc2)O1.[CH2+]C(=O)CC. The minimum Gasteiger partial charge on any atom is -0.413 e. The molecule has 10 heteroatoms. The predicted molar refractivity (Wildman–Crippen MR) is 363 cm³/mol. The van der Waals surface area contributed by atoms with Crippen LogP contribution in [0, 0.1) is 19.6 Å². The first kappa shape index (κ1) is 68.8. The molecule has 0 aliphatic carbocycles. The fourth-order valence-electron chi connectivity index (χ4n) is 9.26. The Hall–Kier alpha value is -10.7. The minimum absolute atomic E-state index is 0.00463. The molecule has 0 bridgehead atoms. The van der Waals surface area contributed by atoms with Gasteiger partial charge in [-0.1, -0.05) is 269 Å². The molecule has 2 fully saturated rings. The zero-order valence-corrected chi connectivity index (χ0v) is 52.5. The Morgan fingerprint density at radius 2 is 0.707 bits per heavy atom. The third-order valence-electron chi connectivity index (χ3n) is 13.9. The summed E-state index contributed by atoms with van der Waals surface area (Å²) in [5.74, 6) is 0.399. The number of hydrogen-bond donors (Lipinski definition) is 0. The van der Waals surface area contributed by atoms with Crippen LogP contribution in [-0.2, 0) is 44.9 Å². The Morgan fingerprint density at radius 1 is 0.424 bits per heavy atom. The molecule has 12 rings (SSSR count). The van der Waals surface area contributed by atoms with Gasteiger partial charge in [0.2, 0.25) is 18.2 Å². The normalized spacial score (nSPS) is 12.8. The molecule has 0 amide bonds. The first-order valence-electron chi connectivity index (χ1n) is 30.4. The van der Waals surface area contributed by atoms with Crippen LogP contribution >= 0.6 is 0 Å². The van der Waals surface area contributed by atoms with E-state index < -0.39 is 11.6 Å². The first-order valence-corrected chi connectivity index (χ1v) is 30.4. The summed E-state index contributed by atoms with van der Waals surface area (Å²) >= 11 is 0. The van der Waals surface area contributed by atoms with Gasteiger partial charge in [0.05, 0.1) is 22.3 Å². The Kier molecular flexibility index (Phi) is 27.4. The molecule has 92 heavy (non-hydrogen) atoms. The summed E-state index contributed by atoms with van der Waals surface area (Å²) in [6.45, 7) is 17.0. The van der Waals surface area contributed by atoms with Gasteiger partial charge in [0.15, 0.2) is 12.4 Å². The zero-order valence-electron chi connectivity index (χ0n) is 52.5. The number of rotatable bonds is 16. The summed E-state index contributed by atoms with van der Waals surface area (Å²) < 4.78 is 35.0. The number of ether oxygens (including phenoxy) is 4. The summed E-state index contributed by atoms with van der Waals surface area (Å²) in [4.78, 5) is 44.1. The largest absolute Gasteiger partial charge is 0.413 e. The van der Waals surface area contributed by atoms with Gasteiger partial charge in [-0.3, -0.25) is 19.1 Å². The molecule has 0 saturated carbocycles. The third kappa shape index (κ3) is 20.7. The highest BCUT2D eigenvalue weighted by atomic mass is 16.7. The molecule has 460 valence electrons. The van der Waals surface area contributed by atoms with Crippen LogP contribution in [0.3, 0.4) is 0 Å². The van der Waals surface area contributed by atoms with Crippen molar-refractivity contribution in [2.75, 3.05) is 26.4 Å². The average Bonchev–Trinajstić information content (AvgIpc) is 1.59. The van der Waals surface area contributed by atoms with E-state index in [4.69, 9.17) is 34.4 Å². The van der Waals surface area contributed by atoms with Gasteiger partial charge in [0, 0.05) is 53.1 Å². The molecule has 0 radical (unpaired) electrons. The Bertz CT molecular complexity index is 3660. The van der Waals surface area contributed by atoms with Crippen molar-refractivity contribution in [1.29, 1.82) is 0 Å². The maximum Gasteiger partial charge on any atom is 0.366 e. The Labute approximate surface area is 541 Å². The van der Waals surface area contributed by atoms with Crippen LogP contribution in [0.25, 0.3) is 0 Å².